The molecule has 0 aliphatic carbocycles. The predicted octanol–water partition coefficient (Wildman–Crippen LogP) is 4.34. The number of halogens is 3. The lowest BCUT2D eigenvalue weighted by Gasteiger charge is -2.16. The summed E-state index contributed by atoms with van der Waals surface area (Å²) in [5, 5.41) is 0.579. The van der Waals surface area contributed by atoms with Crippen LogP contribution in [0, 0.1) is 11.6 Å². The van der Waals surface area contributed by atoms with Gasteiger partial charge in [-0.2, -0.15) is 0 Å². The number of aromatic amines is 1. The number of aliphatic imine (C=N–C) groups is 1. The molecule has 0 bridgehead atoms. The van der Waals surface area contributed by atoms with Crippen LogP contribution in [0.15, 0.2) is 63.2 Å². The second kappa shape index (κ2) is 11.3. The molecule has 4 heterocycles. The van der Waals surface area contributed by atoms with Crippen LogP contribution in [0.2, 0.25) is 0 Å². The number of aromatic nitrogens is 3. The van der Waals surface area contributed by atoms with Crippen LogP contribution in [0.5, 0.6) is 0 Å². The molecule has 1 atom stereocenters. The Morgan fingerprint density at radius 3 is 2.74 bits per heavy atom. The van der Waals surface area contributed by atoms with E-state index < -0.39 is 35.0 Å². The highest BCUT2D eigenvalue weighted by Crippen LogP contribution is 2.41. The molecule has 0 spiro atoms. The molecule has 6 rings (SSSR count). The first kappa shape index (κ1) is 28.8. The highest BCUT2D eigenvalue weighted by molar-refractivity contribution is 6.13. The number of likely N-dealkylation sites (N-methyl/N-ethyl adjacent to an activating group) is 1. The Morgan fingerprint density at radius 1 is 1.17 bits per heavy atom. The number of fused-ring (bicyclic) bond motifs is 4. The standard InChI is InChI=1S/C29H23F2N5O5.ClH/c1-35(2)7-9-41-29(39)25-23(17-4-3-6-32-27(17)37)24-22(12-20(31)16-5-8-40-26(16)24)36(25)13-15-10-18-21(11-19(15)30)33-14-34-28(18)38;/h3-6,8,10-12,14,17H,7,9,13H2,1-2H3,(H,33,34,38);1H. The van der Waals surface area contributed by atoms with Crippen LogP contribution in [0.25, 0.3) is 32.8 Å². The third-order valence-electron chi connectivity index (χ3n) is 7.02. The molecule has 1 aliphatic heterocycles. The van der Waals surface area contributed by atoms with Crippen molar-refractivity contribution in [3.05, 3.63) is 87.8 Å². The maximum Gasteiger partial charge on any atom is 0.355 e. The molecule has 1 N–H and O–H groups in total. The summed E-state index contributed by atoms with van der Waals surface area (Å²) in [6.07, 6.45) is 6.96. The highest BCUT2D eigenvalue weighted by Gasteiger charge is 2.34. The number of dihydropyridines is 1. The molecule has 0 saturated carbocycles. The minimum Gasteiger partial charge on any atom is -0.464 e. The summed E-state index contributed by atoms with van der Waals surface area (Å²) in [6, 6.07) is 5.11. The van der Waals surface area contributed by atoms with E-state index in [-0.39, 0.29) is 69.8 Å². The van der Waals surface area contributed by atoms with Gasteiger partial charge in [-0.15, -0.1) is 12.4 Å². The Balaban J connectivity index is 0.00000353. The minimum atomic E-state index is -1.02. The van der Waals surface area contributed by atoms with Crippen LogP contribution < -0.4 is 5.56 Å². The van der Waals surface area contributed by atoms with Crippen molar-refractivity contribution in [3.63, 3.8) is 0 Å². The number of ether oxygens (including phenoxy) is 1. The molecule has 42 heavy (non-hydrogen) atoms. The number of allylic oxidation sites excluding steroid dienone is 1. The summed E-state index contributed by atoms with van der Waals surface area (Å²) in [7, 11) is 3.63. The molecule has 1 amide bonds. The summed E-state index contributed by atoms with van der Waals surface area (Å²) in [4.78, 5) is 51.4. The van der Waals surface area contributed by atoms with E-state index in [9.17, 15) is 14.4 Å². The van der Waals surface area contributed by atoms with E-state index >= 15 is 8.78 Å². The van der Waals surface area contributed by atoms with Crippen LogP contribution in [-0.4, -0.2) is 64.8 Å². The summed E-state index contributed by atoms with van der Waals surface area (Å²) in [5.41, 5.74) is 0.120. The molecular weight excluding hydrogens is 572 g/mol. The van der Waals surface area contributed by atoms with Gasteiger partial charge in [-0.3, -0.25) is 9.59 Å². The molecule has 10 nitrogen and oxygen atoms in total. The van der Waals surface area contributed by atoms with Gasteiger partial charge in [0.15, 0.2) is 0 Å². The van der Waals surface area contributed by atoms with Gasteiger partial charge >= 0.3 is 5.97 Å². The predicted molar refractivity (Wildman–Crippen MR) is 155 cm³/mol. The van der Waals surface area contributed by atoms with Gasteiger partial charge in [-0.25, -0.2) is 23.6 Å². The Bertz CT molecular complexity index is 1990. The van der Waals surface area contributed by atoms with E-state index in [1.807, 2.05) is 19.0 Å². The number of hydrogen-bond acceptors (Lipinski definition) is 7. The first-order valence-electron chi connectivity index (χ1n) is 12.7. The van der Waals surface area contributed by atoms with Gasteiger partial charge in [-0.1, -0.05) is 6.08 Å². The number of rotatable bonds is 7. The Kier molecular flexibility index (Phi) is 7.76. The highest BCUT2D eigenvalue weighted by atomic mass is 35.5. The number of H-pyrrole nitrogens is 1. The van der Waals surface area contributed by atoms with Gasteiger partial charge in [0.1, 0.15) is 29.5 Å². The largest absolute Gasteiger partial charge is 0.464 e. The number of carbonyl (C=O) groups excluding carboxylic acids is 2. The zero-order chi connectivity index (χ0) is 28.8. The van der Waals surface area contributed by atoms with Crippen molar-refractivity contribution in [2.24, 2.45) is 4.99 Å². The molecule has 1 aliphatic rings. The van der Waals surface area contributed by atoms with E-state index in [1.165, 1.54) is 41.6 Å². The summed E-state index contributed by atoms with van der Waals surface area (Å²) < 4.78 is 43.4. The van der Waals surface area contributed by atoms with E-state index in [0.29, 0.717) is 11.9 Å². The second-order valence-electron chi connectivity index (χ2n) is 9.87. The average molecular weight is 596 g/mol. The molecule has 13 heteroatoms. The Morgan fingerprint density at radius 2 is 1.98 bits per heavy atom. The number of furan rings is 1. The number of carbonyl (C=O) groups is 2. The van der Waals surface area contributed by atoms with Gasteiger partial charge in [-0.05, 0) is 38.4 Å². The third kappa shape index (κ3) is 4.88. The molecule has 5 aromatic rings. The van der Waals surface area contributed by atoms with Crippen LogP contribution in [0.4, 0.5) is 8.78 Å². The van der Waals surface area contributed by atoms with Crippen molar-refractivity contribution < 1.29 is 27.5 Å². The van der Waals surface area contributed by atoms with Gasteiger partial charge in [0.05, 0.1) is 46.9 Å². The fourth-order valence-corrected chi connectivity index (χ4v) is 5.10. The topological polar surface area (TPSA) is 123 Å². The average Bonchev–Trinajstić information content (AvgIpc) is 3.54. The lowest BCUT2D eigenvalue weighted by atomic mass is 9.92. The van der Waals surface area contributed by atoms with Crippen LogP contribution >= 0.6 is 12.4 Å². The first-order valence-corrected chi connectivity index (χ1v) is 12.7. The number of benzene rings is 2. The lowest BCUT2D eigenvalue weighted by Crippen LogP contribution is -2.23. The molecule has 3 aromatic heterocycles. The van der Waals surface area contributed by atoms with Crippen LogP contribution in [0.1, 0.15) is 27.5 Å². The van der Waals surface area contributed by atoms with Crippen molar-refractivity contribution in [2.45, 2.75) is 12.5 Å². The van der Waals surface area contributed by atoms with Gasteiger partial charge in [0.25, 0.3) is 11.5 Å². The van der Waals surface area contributed by atoms with E-state index in [0.717, 1.165) is 6.07 Å². The van der Waals surface area contributed by atoms with Crippen LogP contribution in [0.3, 0.4) is 0 Å². The number of hydrogen-bond donors (Lipinski definition) is 1. The van der Waals surface area contributed by atoms with Crippen molar-refractivity contribution in [1.29, 1.82) is 0 Å². The first-order chi connectivity index (χ1) is 19.7. The van der Waals surface area contributed by atoms with Crippen molar-refractivity contribution in [1.82, 2.24) is 19.4 Å². The van der Waals surface area contributed by atoms with Gasteiger partial charge in [0.2, 0.25) is 0 Å². The molecule has 0 saturated heterocycles. The van der Waals surface area contributed by atoms with Crippen molar-refractivity contribution in [2.75, 3.05) is 27.2 Å². The maximum atomic E-state index is 15.4. The molecule has 0 fully saturated rings. The summed E-state index contributed by atoms with van der Waals surface area (Å²) >= 11 is 0. The summed E-state index contributed by atoms with van der Waals surface area (Å²) in [5.74, 6) is -3.69. The monoisotopic (exact) mass is 595 g/mol. The number of nitrogens with zero attached hydrogens (tertiary/aromatic N) is 4. The molecule has 216 valence electrons. The van der Waals surface area contributed by atoms with E-state index in [4.69, 9.17) is 9.15 Å². The Labute approximate surface area is 242 Å². The fraction of sp³-hybridized carbons (Fsp3) is 0.207. The maximum absolute atomic E-state index is 15.4. The van der Waals surface area contributed by atoms with Gasteiger partial charge in [0, 0.05) is 35.3 Å². The van der Waals surface area contributed by atoms with Crippen molar-refractivity contribution >= 4 is 63.3 Å². The van der Waals surface area contributed by atoms with E-state index in [1.54, 1.807) is 12.2 Å². The fourth-order valence-electron chi connectivity index (χ4n) is 5.10. The smallest absolute Gasteiger partial charge is 0.355 e. The molecule has 0 radical (unpaired) electrons. The molecule has 1 unspecified atom stereocenters. The van der Waals surface area contributed by atoms with E-state index in [2.05, 4.69) is 15.0 Å². The molecular formula is C29H24ClF2N5O5. The lowest BCUT2D eigenvalue weighted by molar-refractivity contribution is -0.118. The van der Waals surface area contributed by atoms with Crippen LogP contribution in [-0.2, 0) is 16.1 Å². The van der Waals surface area contributed by atoms with Crippen molar-refractivity contribution in [3.8, 4) is 0 Å². The number of amides is 1. The normalized spacial score (nSPS) is 14.8. The quantitative estimate of drug-likeness (QED) is 0.278. The van der Waals surface area contributed by atoms with Gasteiger partial charge < -0.3 is 23.6 Å². The molecule has 2 aromatic carbocycles. The summed E-state index contributed by atoms with van der Waals surface area (Å²) in [6.45, 7) is 0.138. The zero-order valence-electron chi connectivity index (χ0n) is 22.4. The Hall–Kier alpha value is -4.68. The minimum absolute atomic E-state index is 0. The number of esters is 1. The third-order valence-corrected chi connectivity index (χ3v) is 7.02. The second-order valence-corrected chi connectivity index (χ2v) is 9.87. The SMILES string of the molecule is CN(C)CCOC(=O)c1c(C2C=CC=NC2=O)c2c3occc3c(F)cc2n1Cc1cc2c(=O)[nH]cnc2cc1F.Cl. The number of nitrogens with one attached hydrogen (secondary N) is 1. The zero-order valence-corrected chi connectivity index (χ0v) is 23.2.